The van der Waals surface area contributed by atoms with Crippen LogP contribution in [0.1, 0.15) is 58.8 Å². The molecule has 136 valence electrons. The maximum absolute atomic E-state index is 13.2. The van der Waals surface area contributed by atoms with E-state index in [-0.39, 0.29) is 47.6 Å². The Morgan fingerprint density at radius 1 is 1.16 bits per heavy atom. The summed E-state index contributed by atoms with van der Waals surface area (Å²) in [5, 5.41) is 20.5. The van der Waals surface area contributed by atoms with Crippen LogP contribution < -0.4 is 0 Å². The first-order chi connectivity index (χ1) is 11.6. The third-order valence-corrected chi connectivity index (χ3v) is 8.16. The minimum atomic E-state index is -1.81. The number of aliphatic carboxylic acids is 1. The molecule has 0 aromatic carbocycles. The standard InChI is InChI=1S/C20H26O5/c1-18-7-5-12(21)9-11(18)3-4-13-14-6-8-20(25,17(23)24)19(14,2)10-15(22)16(13)18/h9,13-14,16,25H,3-8,10H2,1-2H3,(H,23,24)/t13-,14-,16-,18-,19-,20?/m0/s1. The predicted molar refractivity (Wildman–Crippen MR) is 89.7 cm³/mol. The van der Waals surface area contributed by atoms with Gasteiger partial charge in [-0.1, -0.05) is 19.4 Å². The van der Waals surface area contributed by atoms with Gasteiger partial charge in [0.15, 0.2) is 11.4 Å². The third kappa shape index (κ3) is 1.96. The van der Waals surface area contributed by atoms with Crippen LogP contribution in [0.4, 0.5) is 0 Å². The molecule has 5 nitrogen and oxygen atoms in total. The van der Waals surface area contributed by atoms with Crippen molar-refractivity contribution in [1.82, 2.24) is 0 Å². The van der Waals surface area contributed by atoms with Crippen molar-refractivity contribution < 1.29 is 24.6 Å². The largest absolute Gasteiger partial charge is 0.479 e. The van der Waals surface area contributed by atoms with E-state index in [0.717, 1.165) is 18.4 Å². The number of aliphatic hydroxyl groups is 1. The molecule has 1 unspecified atom stereocenters. The molecule has 4 aliphatic rings. The molecule has 0 amide bonds. The Morgan fingerprint density at radius 2 is 1.88 bits per heavy atom. The molecule has 25 heavy (non-hydrogen) atoms. The monoisotopic (exact) mass is 346 g/mol. The van der Waals surface area contributed by atoms with Gasteiger partial charge in [0.1, 0.15) is 5.78 Å². The van der Waals surface area contributed by atoms with Gasteiger partial charge in [-0.25, -0.2) is 4.79 Å². The molecule has 0 saturated heterocycles. The van der Waals surface area contributed by atoms with Crippen molar-refractivity contribution in [2.24, 2.45) is 28.6 Å². The summed E-state index contributed by atoms with van der Waals surface area (Å²) in [6.45, 7) is 3.91. The van der Waals surface area contributed by atoms with Crippen molar-refractivity contribution >= 4 is 17.5 Å². The van der Waals surface area contributed by atoms with Gasteiger partial charge in [-0.2, -0.15) is 0 Å². The molecular weight excluding hydrogens is 320 g/mol. The summed E-state index contributed by atoms with van der Waals surface area (Å²) in [5.41, 5.74) is -1.87. The molecule has 0 spiro atoms. The number of allylic oxidation sites excluding steroid dienone is 1. The fraction of sp³-hybridized carbons (Fsp3) is 0.750. The van der Waals surface area contributed by atoms with Gasteiger partial charge in [0.2, 0.25) is 0 Å². The summed E-state index contributed by atoms with van der Waals surface area (Å²) in [4.78, 5) is 36.8. The topological polar surface area (TPSA) is 91.7 Å². The molecule has 0 aliphatic heterocycles. The normalized spacial score (nSPS) is 49.1. The number of Topliss-reactive ketones (excluding diaryl/α,β-unsaturated/α-hetero) is 1. The Bertz CT molecular complexity index is 709. The van der Waals surface area contributed by atoms with Crippen LogP contribution in [-0.4, -0.2) is 33.3 Å². The van der Waals surface area contributed by atoms with Crippen molar-refractivity contribution in [3.63, 3.8) is 0 Å². The second-order valence-corrected chi connectivity index (χ2v) is 9.10. The van der Waals surface area contributed by atoms with Crippen LogP contribution in [-0.2, 0) is 14.4 Å². The van der Waals surface area contributed by atoms with Crippen LogP contribution in [0, 0.1) is 28.6 Å². The molecule has 6 atom stereocenters. The van der Waals surface area contributed by atoms with E-state index in [1.165, 1.54) is 0 Å². The van der Waals surface area contributed by atoms with Crippen molar-refractivity contribution in [2.75, 3.05) is 0 Å². The summed E-state index contributed by atoms with van der Waals surface area (Å²) in [6, 6.07) is 0. The fourth-order valence-corrected chi connectivity index (χ4v) is 6.74. The van der Waals surface area contributed by atoms with Gasteiger partial charge in [-0.3, -0.25) is 9.59 Å². The summed E-state index contributed by atoms with van der Waals surface area (Å²) >= 11 is 0. The number of hydrogen-bond donors (Lipinski definition) is 2. The minimum absolute atomic E-state index is 0.0484. The number of carbonyl (C=O) groups is 3. The van der Waals surface area contributed by atoms with Crippen molar-refractivity contribution in [3.8, 4) is 0 Å². The zero-order valence-electron chi connectivity index (χ0n) is 14.9. The highest BCUT2D eigenvalue weighted by Crippen LogP contribution is 2.66. The molecule has 4 rings (SSSR count). The molecule has 0 bridgehead atoms. The number of hydrogen-bond acceptors (Lipinski definition) is 4. The summed E-state index contributed by atoms with van der Waals surface area (Å²) in [6.07, 6.45) is 5.55. The molecular formula is C20H26O5. The van der Waals surface area contributed by atoms with Crippen LogP contribution >= 0.6 is 0 Å². The molecule has 0 aromatic rings. The van der Waals surface area contributed by atoms with E-state index in [1.807, 2.05) is 0 Å². The molecule has 3 saturated carbocycles. The van der Waals surface area contributed by atoms with E-state index in [2.05, 4.69) is 6.92 Å². The predicted octanol–water partition coefficient (Wildman–Crippen LogP) is 2.51. The lowest BCUT2D eigenvalue weighted by atomic mass is 9.46. The van der Waals surface area contributed by atoms with Crippen LogP contribution in [0.3, 0.4) is 0 Å². The first kappa shape index (κ1) is 17.0. The van der Waals surface area contributed by atoms with Gasteiger partial charge in [-0.05, 0) is 55.4 Å². The lowest BCUT2D eigenvalue weighted by molar-refractivity contribution is -0.183. The Hall–Kier alpha value is -1.49. The Morgan fingerprint density at radius 3 is 2.56 bits per heavy atom. The molecule has 0 aromatic heterocycles. The van der Waals surface area contributed by atoms with Crippen LogP contribution in [0.25, 0.3) is 0 Å². The number of carboxylic acids is 1. The highest BCUT2D eigenvalue weighted by atomic mass is 16.4. The Balaban J connectivity index is 1.77. The second-order valence-electron chi connectivity index (χ2n) is 9.10. The lowest BCUT2D eigenvalue weighted by Crippen LogP contribution is -2.60. The average Bonchev–Trinajstić information content (AvgIpc) is 2.80. The highest BCUT2D eigenvalue weighted by Gasteiger charge is 2.68. The molecule has 5 heteroatoms. The number of ketones is 2. The Labute approximate surface area is 147 Å². The molecule has 3 fully saturated rings. The van der Waals surface area contributed by atoms with E-state index >= 15 is 0 Å². The quantitative estimate of drug-likeness (QED) is 0.761. The molecule has 2 N–H and O–H groups in total. The van der Waals surface area contributed by atoms with Gasteiger partial charge < -0.3 is 10.2 Å². The number of carbonyl (C=O) groups excluding carboxylic acids is 2. The third-order valence-electron chi connectivity index (χ3n) is 8.16. The van der Waals surface area contributed by atoms with Crippen molar-refractivity contribution in [3.05, 3.63) is 11.6 Å². The average molecular weight is 346 g/mol. The number of carboxylic acid groups (broad SMARTS) is 1. The molecule has 0 heterocycles. The first-order valence-electron chi connectivity index (χ1n) is 9.36. The Kier molecular flexibility index (Phi) is 3.41. The summed E-state index contributed by atoms with van der Waals surface area (Å²) in [5.74, 6) is -0.959. The molecule has 4 aliphatic carbocycles. The van der Waals surface area contributed by atoms with E-state index in [9.17, 15) is 24.6 Å². The van der Waals surface area contributed by atoms with Gasteiger partial charge >= 0.3 is 5.97 Å². The summed E-state index contributed by atoms with van der Waals surface area (Å²) < 4.78 is 0. The van der Waals surface area contributed by atoms with E-state index in [1.54, 1.807) is 13.0 Å². The van der Waals surface area contributed by atoms with Crippen molar-refractivity contribution in [2.45, 2.75) is 64.4 Å². The SMILES string of the molecule is C[C@]12CCC(=O)C=C1CC[C@@H]1[C@H]2C(=O)C[C@@]2(C)[C@H]1CCC2(O)C(=O)O. The van der Waals surface area contributed by atoms with Gasteiger partial charge in [-0.15, -0.1) is 0 Å². The van der Waals surface area contributed by atoms with E-state index in [0.29, 0.717) is 19.3 Å². The first-order valence-corrected chi connectivity index (χ1v) is 9.36. The maximum atomic E-state index is 13.2. The van der Waals surface area contributed by atoms with Gasteiger partial charge in [0.05, 0.1) is 0 Å². The highest BCUT2D eigenvalue weighted by molar-refractivity contribution is 5.93. The zero-order valence-corrected chi connectivity index (χ0v) is 14.9. The van der Waals surface area contributed by atoms with Gasteiger partial charge in [0.25, 0.3) is 0 Å². The number of fused-ring (bicyclic) bond motifs is 5. The zero-order chi connectivity index (χ0) is 18.2. The van der Waals surface area contributed by atoms with E-state index in [4.69, 9.17) is 0 Å². The van der Waals surface area contributed by atoms with Crippen LogP contribution in [0.5, 0.6) is 0 Å². The maximum Gasteiger partial charge on any atom is 0.336 e. The van der Waals surface area contributed by atoms with Gasteiger partial charge in [0, 0.05) is 24.2 Å². The summed E-state index contributed by atoms with van der Waals surface area (Å²) in [7, 11) is 0. The van der Waals surface area contributed by atoms with Crippen LogP contribution in [0.15, 0.2) is 11.6 Å². The lowest BCUT2D eigenvalue weighted by Gasteiger charge is -2.57. The van der Waals surface area contributed by atoms with Crippen LogP contribution in [0.2, 0.25) is 0 Å². The fourth-order valence-electron chi connectivity index (χ4n) is 6.74. The molecule has 0 radical (unpaired) electrons. The smallest absolute Gasteiger partial charge is 0.336 e. The minimum Gasteiger partial charge on any atom is -0.479 e. The second kappa shape index (κ2) is 5.03. The van der Waals surface area contributed by atoms with E-state index < -0.39 is 17.0 Å². The van der Waals surface area contributed by atoms with Crippen molar-refractivity contribution in [1.29, 1.82) is 0 Å². The number of rotatable bonds is 1.